The SMILES string of the molecule is CC.CCN/C=C(\N)c1ccc(C(C)C)cc1O. The van der Waals surface area contributed by atoms with Crippen LogP contribution in [0.3, 0.4) is 0 Å². The highest BCUT2D eigenvalue weighted by Gasteiger charge is 2.06. The molecule has 0 aliphatic carbocycles. The highest BCUT2D eigenvalue weighted by atomic mass is 16.3. The predicted octanol–water partition coefficient (Wildman–Crippen LogP) is 3.41. The van der Waals surface area contributed by atoms with Gasteiger partial charge in [-0.1, -0.05) is 33.8 Å². The van der Waals surface area contributed by atoms with Crippen LogP contribution in [0.25, 0.3) is 5.70 Å². The van der Waals surface area contributed by atoms with E-state index in [0.29, 0.717) is 17.2 Å². The van der Waals surface area contributed by atoms with Crippen molar-refractivity contribution in [3.63, 3.8) is 0 Å². The van der Waals surface area contributed by atoms with E-state index in [-0.39, 0.29) is 5.75 Å². The Morgan fingerprint density at radius 2 is 2.00 bits per heavy atom. The Hall–Kier alpha value is -1.64. The fourth-order valence-electron chi connectivity index (χ4n) is 1.44. The Morgan fingerprint density at radius 1 is 1.39 bits per heavy atom. The summed E-state index contributed by atoms with van der Waals surface area (Å²) in [5, 5.41) is 12.9. The van der Waals surface area contributed by atoms with Crippen molar-refractivity contribution >= 4 is 5.70 Å². The average Bonchev–Trinajstić information content (AvgIpc) is 2.38. The lowest BCUT2D eigenvalue weighted by molar-refractivity contribution is 0.472. The molecule has 4 N–H and O–H groups in total. The number of nitrogens with two attached hydrogens (primary N) is 1. The monoisotopic (exact) mass is 250 g/mol. The second-order valence-corrected chi connectivity index (χ2v) is 4.09. The largest absolute Gasteiger partial charge is 0.507 e. The first-order chi connectivity index (χ1) is 8.56. The molecular formula is C15H26N2O. The van der Waals surface area contributed by atoms with Crippen LogP contribution in [0.4, 0.5) is 0 Å². The van der Waals surface area contributed by atoms with Crippen molar-refractivity contribution in [3.05, 3.63) is 35.5 Å². The van der Waals surface area contributed by atoms with Crippen molar-refractivity contribution in [2.45, 2.75) is 40.5 Å². The normalized spacial score (nSPS) is 10.9. The molecule has 0 atom stereocenters. The Bertz CT molecular complexity index is 384. The number of phenolic OH excluding ortho intramolecular Hbond substituents is 1. The Balaban J connectivity index is 0.00000137. The van der Waals surface area contributed by atoms with Crippen molar-refractivity contribution in [1.82, 2.24) is 5.32 Å². The van der Waals surface area contributed by atoms with Gasteiger partial charge in [-0.3, -0.25) is 0 Å². The molecule has 0 saturated heterocycles. The van der Waals surface area contributed by atoms with Crippen LogP contribution in [0.15, 0.2) is 24.4 Å². The molecule has 0 radical (unpaired) electrons. The minimum absolute atomic E-state index is 0.234. The molecule has 0 heterocycles. The van der Waals surface area contributed by atoms with Crippen LogP contribution >= 0.6 is 0 Å². The minimum Gasteiger partial charge on any atom is -0.507 e. The van der Waals surface area contributed by atoms with Crippen molar-refractivity contribution < 1.29 is 5.11 Å². The summed E-state index contributed by atoms with van der Waals surface area (Å²) < 4.78 is 0. The van der Waals surface area contributed by atoms with E-state index in [1.165, 1.54) is 0 Å². The van der Waals surface area contributed by atoms with E-state index >= 15 is 0 Å². The fourth-order valence-corrected chi connectivity index (χ4v) is 1.44. The molecular weight excluding hydrogens is 224 g/mol. The molecule has 1 rings (SSSR count). The van der Waals surface area contributed by atoms with Crippen LogP contribution in [-0.4, -0.2) is 11.7 Å². The molecule has 0 saturated carbocycles. The third-order valence-corrected chi connectivity index (χ3v) is 2.46. The number of hydrogen-bond acceptors (Lipinski definition) is 3. The van der Waals surface area contributed by atoms with Gasteiger partial charge in [-0.15, -0.1) is 0 Å². The van der Waals surface area contributed by atoms with E-state index in [9.17, 15) is 5.11 Å². The van der Waals surface area contributed by atoms with Crippen LogP contribution in [0.2, 0.25) is 0 Å². The highest BCUT2D eigenvalue weighted by Crippen LogP contribution is 2.26. The summed E-state index contributed by atoms with van der Waals surface area (Å²) >= 11 is 0. The van der Waals surface area contributed by atoms with Gasteiger partial charge >= 0.3 is 0 Å². The minimum atomic E-state index is 0.234. The zero-order chi connectivity index (χ0) is 14.1. The van der Waals surface area contributed by atoms with E-state index in [1.54, 1.807) is 12.3 Å². The number of nitrogens with one attached hydrogen (secondary N) is 1. The molecule has 0 amide bonds. The number of aromatic hydroxyl groups is 1. The maximum Gasteiger partial charge on any atom is 0.125 e. The molecule has 0 aromatic heterocycles. The Kier molecular flexibility index (Phi) is 7.68. The van der Waals surface area contributed by atoms with Gasteiger partial charge in [0.15, 0.2) is 0 Å². The van der Waals surface area contributed by atoms with Gasteiger partial charge in [0, 0.05) is 18.3 Å². The zero-order valence-corrected chi connectivity index (χ0v) is 12.1. The number of benzene rings is 1. The van der Waals surface area contributed by atoms with Gasteiger partial charge in [0.05, 0.1) is 5.70 Å². The molecule has 0 aliphatic rings. The highest BCUT2D eigenvalue weighted by molar-refractivity contribution is 5.68. The lowest BCUT2D eigenvalue weighted by atomic mass is 10.00. The van der Waals surface area contributed by atoms with Crippen LogP contribution < -0.4 is 11.1 Å². The van der Waals surface area contributed by atoms with Crippen molar-refractivity contribution in [1.29, 1.82) is 0 Å². The van der Waals surface area contributed by atoms with E-state index < -0.39 is 0 Å². The first-order valence-electron chi connectivity index (χ1n) is 6.58. The molecule has 3 heteroatoms. The van der Waals surface area contributed by atoms with E-state index in [1.807, 2.05) is 32.9 Å². The van der Waals surface area contributed by atoms with Crippen LogP contribution in [0.1, 0.15) is 51.7 Å². The summed E-state index contributed by atoms with van der Waals surface area (Å²) in [6.07, 6.45) is 1.71. The molecule has 1 aromatic carbocycles. The maximum absolute atomic E-state index is 9.86. The van der Waals surface area contributed by atoms with Crippen LogP contribution in [-0.2, 0) is 0 Å². The molecule has 102 valence electrons. The summed E-state index contributed by atoms with van der Waals surface area (Å²) in [6.45, 7) is 11.0. The van der Waals surface area contributed by atoms with Gasteiger partial charge in [-0.2, -0.15) is 0 Å². The molecule has 0 unspecified atom stereocenters. The molecule has 0 spiro atoms. The first kappa shape index (κ1) is 16.4. The summed E-state index contributed by atoms with van der Waals surface area (Å²) in [5.41, 5.74) is 8.18. The molecule has 3 nitrogen and oxygen atoms in total. The van der Waals surface area contributed by atoms with Gasteiger partial charge in [-0.05, 0) is 30.5 Å². The quantitative estimate of drug-likeness (QED) is 0.767. The third kappa shape index (κ3) is 4.70. The summed E-state index contributed by atoms with van der Waals surface area (Å²) in [6, 6.07) is 5.62. The second-order valence-electron chi connectivity index (χ2n) is 4.09. The first-order valence-corrected chi connectivity index (χ1v) is 6.58. The number of hydrogen-bond donors (Lipinski definition) is 3. The average molecular weight is 250 g/mol. The summed E-state index contributed by atoms with van der Waals surface area (Å²) in [4.78, 5) is 0. The van der Waals surface area contributed by atoms with Crippen molar-refractivity contribution in [2.24, 2.45) is 5.73 Å². The van der Waals surface area contributed by atoms with Crippen molar-refractivity contribution in [2.75, 3.05) is 6.54 Å². The molecule has 0 aliphatic heterocycles. The molecule has 1 aromatic rings. The number of rotatable bonds is 4. The zero-order valence-electron chi connectivity index (χ0n) is 12.1. The van der Waals surface area contributed by atoms with E-state index in [2.05, 4.69) is 19.2 Å². The summed E-state index contributed by atoms with van der Waals surface area (Å²) in [7, 11) is 0. The smallest absolute Gasteiger partial charge is 0.125 e. The summed E-state index contributed by atoms with van der Waals surface area (Å²) in [5.74, 6) is 0.636. The van der Waals surface area contributed by atoms with Gasteiger partial charge in [0.25, 0.3) is 0 Å². The maximum atomic E-state index is 9.86. The molecule has 0 fully saturated rings. The fraction of sp³-hybridized carbons (Fsp3) is 0.467. The number of phenols is 1. The van der Waals surface area contributed by atoms with E-state index in [0.717, 1.165) is 12.1 Å². The van der Waals surface area contributed by atoms with Crippen LogP contribution in [0, 0.1) is 0 Å². The predicted molar refractivity (Wildman–Crippen MR) is 79.4 cm³/mol. The van der Waals surface area contributed by atoms with Crippen LogP contribution in [0.5, 0.6) is 5.75 Å². The van der Waals surface area contributed by atoms with Gasteiger partial charge in [-0.25, -0.2) is 0 Å². The molecule has 0 bridgehead atoms. The Morgan fingerprint density at radius 3 is 2.44 bits per heavy atom. The van der Waals surface area contributed by atoms with Gasteiger partial charge in [0.1, 0.15) is 5.75 Å². The van der Waals surface area contributed by atoms with Gasteiger partial charge < -0.3 is 16.2 Å². The standard InChI is InChI=1S/C13H20N2O.C2H6/c1-4-15-8-12(14)11-6-5-10(9(2)3)7-13(11)16;1-2/h5-9,15-16H,4,14H2,1-3H3;1-2H3/b12-8-;. The topological polar surface area (TPSA) is 58.3 Å². The van der Waals surface area contributed by atoms with Crippen molar-refractivity contribution in [3.8, 4) is 5.75 Å². The molecule has 18 heavy (non-hydrogen) atoms. The lowest BCUT2D eigenvalue weighted by Crippen LogP contribution is -2.08. The third-order valence-electron chi connectivity index (χ3n) is 2.46. The van der Waals surface area contributed by atoms with E-state index in [4.69, 9.17) is 5.73 Å². The Labute approximate surface area is 111 Å². The second kappa shape index (κ2) is 8.45. The lowest BCUT2D eigenvalue weighted by Gasteiger charge is -2.10. The van der Waals surface area contributed by atoms with Gasteiger partial charge in [0.2, 0.25) is 0 Å².